The first kappa shape index (κ1) is 10.7. The van der Waals surface area contributed by atoms with E-state index in [1.807, 2.05) is 31.3 Å². The van der Waals surface area contributed by atoms with Gasteiger partial charge < -0.3 is 15.0 Å². The van der Waals surface area contributed by atoms with Crippen LogP contribution in [0.25, 0.3) is 22.3 Å². The molecule has 0 radical (unpaired) electrons. The zero-order chi connectivity index (χ0) is 12.7. The third-order valence-corrected chi connectivity index (χ3v) is 3.12. The zero-order valence-corrected chi connectivity index (χ0v) is 10.3. The summed E-state index contributed by atoms with van der Waals surface area (Å²) in [7, 11) is 3.68. The number of hydrogen-bond acceptors (Lipinski definition) is 3. The fourth-order valence-corrected chi connectivity index (χ4v) is 2.18. The van der Waals surface area contributed by atoms with Crippen LogP contribution in [0, 0.1) is 0 Å². The van der Waals surface area contributed by atoms with Gasteiger partial charge in [-0.15, -0.1) is 0 Å². The van der Waals surface area contributed by atoms with E-state index in [9.17, 15) is 0 Å². The van der Waals surface area contributed by atoms with E-state index in [0.29, 0.717) is 5.82 Å². The number of nitrogens with one attached hydrogen (secondary N) is 1. The van der Waals surface area contributed by atoms with Crippen LogP contribution >= 0.6 is 0 Å². The number of aromatic nitrogens is 3. The number of fused-ring (bicyclic) bond motifs is 1. The third kappa shape index (κ3) is 1.52. The van der Waals surface area contributed by atoms with Crippen molar-refractivity contribution in [3.05, 3.63) is 30.3 Å². The van der Waals surface area contributed by atoms with Gasteiger partial charge in [0.15, 0.2) is 0 Å². The maximum atomic E-state index is 5.63. The number of nitrogens with zero attached hydrogens (tertiary/aromatic N) is 2. The number of benzene rings is 1. The standard InChI is InChI=1S/C13H14N4O/c1-17-11-4-3-9(18-2)5-8(11)6-12(17)10-7-13(14)16-15-10/h3-7H,1-2H3,(H3,14,15,16). The molecule has 0 unspecified atom stereocenters. The molecule has 0 saturated carbocycles. The van der Waals surface area contributed by atoms with Crippen LogP contribution < -0.4 is 10.5 Å². The van der Waals surface area contributed by atoms with E-state index in [4.69, 9.17) is 10.5 Å². The summed E-state index contributed by atoms with van der Waals surface area (Å²) in [6, 6.07) is 9.92. The number of nitrogens with two attached hydrogens (primary N) is 1. The number of rotatable bonds is 2. The minimum absolute atomic E-state index is 0.493. The monoisotopic (exact) mass is 242 g/mol. The predicted octanol–water partition coefficient (Wildman–Crippen LogP) is 2.16. The van der Waals surface area contributed by atoms with Crippen LogP contribution in [0.15, 0.2) is 30.3 Å². The number of H-pyrrole nitrogens is 1. The minimum Gasteiger partial charge on any atom is -0.497 e. The topological polar surface area (TPSA) is 68.9 Å². The molecular weight excluding hydrogens is 228 g/mol. The lowest BCUT2D eigenvalue weighted by molar-refractivity contribution is 0.415. The molecule has 3 rings (SSSR count). The molecule has 0 spiro atoms. The molecule has 5 nitrogen and oxygen atoms in total. The Kier molecular flexibility index (Phi) is 2.26. The second-order valence-electron chi connectivity index (χ2n) is 4.22. The van der Waals surface area contributed by atoms with Gasteiger partial charge in [0.05, 0.1) is 18.5 Å². The summed E-state index contributed by atoms with van der Waals surface area (Å²) in [5.74, 6) is 1.34. The van der Waals surface area contributed by atoms with E-state index >= 15 is 0 Å². The van der Waals surface area contributed by atoms with Crippen LogP contribution in [0.3, 0.4) is 0 Å². The number of ether oxygens (including phenoxy) is 1. The lowest BCUT2D eigenvalue weighted by Gasteiger charge is -2.02. The number of aryl methyl sites for hydroxylation is 1. The lowest BCUT2D eigenvalue weighted by Crippen LogP contribution is -1.91. The van der Waals surface area contributed by atoms with Gasteiger partial charge in [-0.3, -0.25) is 5.10 Å². The smallest absolute Gasteiger partial charge is 0.145 e. The van der Waals surface area contributed by atoms with Crippen molar-refractivity contribution in [2.45, 2.75) is 0 Å². The molecule has 0 aliphatic carbocycles. The molecule has 18 heavy (non-hydrogen) atoms. The van der Waals surface area contributed by atoms with E-state index in [1.165, 1.54) is 0 Å². The zero-order valence-electron chi connectivity index (χ0n) is 10.3. The Morgan fingerprint density at radius 1 is 1.28 bits per heavy atom. The lowest BCUT2D eigenvalue weighted by atomic mass is 10.2. The van der Waals surface area contributed by atoms with Crippen molar-refractivity contribution in [1.29, 1.82) is 0 Å². The summed E-state index contributed by atoms with van der Waals surface area (Å²) in [5.41, 5.74) is 8.72. The van der Waals surface area contributed by atoms with E-state index in [-0.39, 0.29) is 0 Å². The first-order chi connectivity index (χ1) is 8.69. The molecule has 2 aromatic heterocycles. The van der Waals surface area contributed by atoms with Crippen LogP contribution in [-0.4, -0.2) is 21.9 Å². The Labute approximate surface area is 104 Å². The van der Waals surface area contributed by atoms with Crippen LogP contribution in [-0.2, 0) is 7.05 Å². The summed E-state index contributed by atoms with van der Waals surface area (Å²) in [5, 5.41) is 8.00. The minimum atomic E-state index is 0.493. The van der Waals surface area contributed by atoms with Gasteiger partial charge in [-0.2, -0.15) is 5.10 Å². The van der Waals surface area contributed by atoms with Crippen LogP contribution in [0.4, 0.5) is 5.82 Å². The van der Waals surface area contributed by atoms with Crippen molar-refractivity contribution >= 4 is 16.7 Å². The van der Waals surface area contributed by atoms with E-state index in [2.05, 4.69) is 20.8 Å². The van der Waals surface area contributed by atoms with Crippen molar-refractivity contribution in [1.82, 2.24) is 14.8 Å². The number of methoxy groups -OCH3 is 1. The number of hydrogen-bond donors (Lipinski definition) is 2. The Hall–Kier alpha value is -2.43. The second-order valence-corrected chi connectivity index (χ2v) is 4.22. The number of anilines is 1. The molecule has 1 aromatic carbocycles. The number of nitrogen functional groups attached to an aromatic ring is 1. The molecule has 5 heteroatoms. The molecule has 2 heterocycles. The van der Waals surface area contributed by atoms with Crippen molar-refractivity contribution in [2.75, 3.05) is 12.8 Å². The molecule has 0 amide bonds. The fourth-order valence-electron chi connectivity index (χ4n) is 2.18. The van der Waals surface area contributed by atoms with Gasteiger partial charge in [0.25, 0.3) is 0 Å². The Bertz CT molecular complexity index is 711. The first-order valence-electron chi connectivity index (χ1n) is 5.64. The molecule has 0 aliphatic heterocycles. The SMILES string of the molecule is COc1ccc2c(c1)cc(-c1cc(N)n[nH]1)n2C. The Balaban J connectivity index is 2.22. The van der Waals surface area contributed by atoms with Crippen molar-refractivity contribution in [2.24, 2.45) is 7.05 Å². The largest absolute Gasteiger partial charge is 0.497 e. The van der Waals surface area contributed by atoms with Crippen molar-refractivity contribution in [3.8, 4) is 17.1 Å². The van der Waals surface area contributed by atoms with Crippen molar-refractivity contribution < 1.29 is 4.74 Å². The normalized spacial score (nSPS) is 11.0. The van der Waals surface area contributed by atoms with Gasteiger partial charge in [0, 0.05) is 24.0 Å². The highest BCUT2D eigenvalue weighted by atomic mass is 16.5. The molecule has 3 N–H and O–H groups in total. The molecule has 92 valence electrons. The van der Waals surface area contributed by atoms with Gasteiger partial charge in [-0.1, -0.05) is 0 Å². The average Bonchev–Trinajstić information content (AvgIpc) is 2.93. The molecule has 3 aromatic rings. The highest BCUT2D eigenvalue weighted by Gasteiger charge is 2.10. The fraction of sp³-hybridized carbons (Fsp3) is 0.154. The van der Waals surface area contributed by atoms with E-state index < -0.39 is 0 Å². The summed E-state index contributed by atoms with van der Waals surface area (Å²) in [6.45, 7) is 0. The summed E-state index contributed by atoms with van der Waals surface area (Å²) < 4.78 is 7.33. The van der Waals surface area contributed by atoms with Crippen molar-refractivity contribution in [3.63, 3.8) is 0 Å². The van der Waals surface area contributed by atoms with E-state index in [1.54, 1.807) is 7.11 Å². The van der Waals surface area contributed by atoms with Gasteiger partial charge >= 0.3 is 0 Å². The number of aromatic amines is 1. The molecule has 0 fully saturated rings. The van der Waals surface area contributed by atoms with E-state index in [0.717, 1.165) is 28.0 Å². The van der Waals surface area contributed by atoms with Gasteiger partial charge in [0.2, 0.25) is 0 Å². The third-order valence-electron chi connectivity index (χ3n) is 3.12. The summed E-state index contributed by atoms with van der Waals surface area (Å²) >= 11 is 0. The molecular formula is C13H14N4O. The van der Waals surface area contributed by atoms with Crippen LogP contribution in [0.2, 0.25) is 0 Å². The Morgan fingerprint density at radius 2 is 2.11 bits per heavy atom. The molecule has 0 atom stereocenters. The summed E-state index contributed by atoms with van der Waals surface area (Å²) in [6.07, 6.45) is 0. The highest BCUT2D eigenvalue weighted by molar-refractivity contribution is 5.87. The second kappa shape index (κ2) is 3.80. The Morgan fingerprint density at radius 3 is 2.78 bits per heavy atom. The maximum Gasteiger partial charge on any atom is 0.145 e. The predicted molar refractivity (Wildman–Crippen MR) is 71.5 cm³/mol. The first-order valence-corrected chi connectivity index (χ1v) is 5.64. The van der Waals surface area contributed by atoms with Crippen LogP contribution in [0.1, 0.15) is 0 Å². The highest BCUT2D eigenvalue weighted by Crippen LogP contribution is 2.29. The molecule has 0 aliphatic rings. The quantitative estimate of drug-likeness (QED) is 0.723. The summed E-state index contributed by atoms with van der Waals surface area (Å²) in [4.78, 5) is 0. The molecule has 0 bridgehead atoms. The van der Waals surface area contributed by atoms with Crippen LogP contribution in [0.5, 0.6) is 5.75 Å². The molecule has 0 saturated heterocycles. The van der Waals surface area contributed by atoms with Gasteiger partial charge in [0.1, 0.15) is 11.6 Å². The maximum absolute atomic E-state index is 5.63. The van der Waals surface area contributed by atoms with Gasteiger partial charge in [-0.25, -0.2) is 0 Å². The van der Waals surface area contributed by atoms with Gasteiger partial charge in [-0.05, 0) is 24.3 Å². The average molecular weight is 242 g/mol.